The zero-order chi connectivity index (χ0) is 18.6. The smallest absolute Gasteiger partial charge is 0.420 e. The molecule has 0 fully saturated rings. The van der Waals surface area contributed by atoms with Gasteiger partial charge in [-0.1, -0.05) is 42.5 Å². The molecule has 0 aliphatic carbocycles. The molecule has 2 aromatic carbocycles. The van der Waals surface area contributed by atoms with Gasteiger partial charge in [0.15, 0.2) is 11.1 Å². The lowest BCUT2D eigenvalue weighted by Gasteiger charge is -2.14. The Morgan fingerprint density at radius 1 is 0.962 bits per heavy atom. The predicted octanol–water partition coefficient (Wildman–Crippen LogP) is 5.28. The Morgan fingerprint density at radius 2 is 1.65 bits per heavy atom. The number of alkyl halides is 3. The van der Waals surface area contributed by atoms with Gasteiger partial charge in [0.1, 0.15) is 0 Å². The first-order valence-electron chi connectivity index (χ1n) is 7.98. The van der Waals surface area contributed by atoms with E-state index in [1.807, 2.05) is 13.0 Å². The van der Waals surface area contributed by atoms with Crippen LogP contribution in [0.2, 0.25) is 0 Å². The zero-order valence-electron chi connectivity index (χ0n) is 14.0. The standard InChI is InChI=1S/C20H14F3NO2/c1-11-7-6-10-13-16(11)24(2)17-14(12-8-4-3-5-9-12)15(20(21,22)23)19(25)26-18(13)17/h3-10H,1-2H3. The molecule has 0 radical (unpaired) electrons. The third-order valence-corrected chi connectivity index (χ3v) is 4.60. The van der Waals surface area contributed by atoms with Crippen LogP contribution in [0.4, 0.5) is 13.2 Å². The van der Waals surface area contributed by atoms with Gasteiger partial charge in [-0.2, -0.15) is 13.2 Å². The molecule has 4 rings (SSSR count). The summed E-state index contributed by atoms with van der Waals surface area (Å²) >= 11 is 0. The largest absolute Gasteiger partial charge is 0.424 e. The Bertz CT molecular complexity index is 1200. The monoisotopic (exact) mass is 357 g/mol. The van der Waals surface area contributed by atoms with Crippen LogP contribution < -0.4 is 5.63 Å². The molecule has 3 nitrogen and oxygen atoms in total. The van der Waals surface area contributed by atoms with Crippen molar-refractivity contribution in [1.29, 1.82) is 0 Å². The SMILES string of the molecule is Cc1cccc2c3oc(=O)c(C(F)(F)F)c(-c4ccccc4)c3n(C)c12. The van der Waals surface area contributed by atoms with Gasteiger partial charge in [0.05, 0.1) is 11.0 Å². The summed E-state index contributed by atoms with van der Waals surface area (Å²) in [5, 5.41) is 0.616. The highest BCUT2D eigenvalue weighted by molar-refractivity contribution is 6.10. The lowest BCUT2D eigenvalue weighted by atomic mass is 9.99. The summed E-state index contributed by atoms with van der Waals surface area (Å²) in [4.78, 5) is 12.3. The number of nitrogens with zero attached hydrogens (tertiary/aromatic N) is 1. The summed E-state index contributed by atoms with van der Waals surface area (Å²) in [6, 6.07) is 13.5. The maximum Gasteiger partial charge on any atom is 0.424 e. The van der Waals surface area contributed by atoms with Gasteiger partial charge in [-0.15, -0.1) is 0 Å². The van der Waals surface area contributed by atoms with Crippen molar-refractivity contribution in [2.24, 2.45) is 7.05 Å². The van der Waals surface area contributed by atoms with Crippen molar-refractivity contribution in [2.75, 3.05) is 0 Å². The van der Waals surface area contributed by atoms with Crippen LogP contribution in [0.5, 0.6) is 0 Å². The first-order chi connectivity index (χ1) is 12.3. The Balaban J connectivity index is 2.33. The van der Waals surface area contributed by atoms with Crippen LogP contribution in [0.15, 0.2) is 57.7 Å². The Labute approximate surface area is 146 Å². The molecule has 0 atom stereocenters. The summed E-state index contributed by atoms with van der Waals surface area (Å²) < 4.78 is 48.0. The van der Waals surface area contributed by atoms with Gasteiger partial charge >= 0.3 is 11.8 Å². The highest BCUT2D eigenvalue weighted by Gasteiger charge is 2.40. The first-order valence-corrected chi connectivity index (χ1v) is 7.98. The number of hydrogen-bond donors (Lipinski definition) is 0. The second kappa shape index (κ2) is 5.49. The molecule has 0 unspecified atom stereocenters. The topological polar surface area (TPSA) is 35.1 Å². The van der Waals surface area contributed by atoms with Crippen molar-refractivity contribution in [2.45, 2.75) is 13.1 Å². The summed E-state index contributed by atoms with van der Waals surface area (Å²) in [7, 11) is 1.68. The molecule has 0 spiro atoms. The fourth-order valence-corrected chi connectivity index (χ4v) is 3.57. The van der Waals surface area contributed by atoms with Gasteiger partial charge in [0.2, 0.25) is 0 Å². The highest BCUT2D eigenvalue weighted by atomic mass is 19.4. The van der Waals surface area contributed by atoms with Gasteiger partial charge in [-0.05, 0) is 24.1 Å². The Hall–Kier alpha value is -3.02. The summed E-state index contributed by atoms with van der Waals surface area (Å²) in [5.41, 5.74) is -0.435. The minimum Gasteiger partial charge on any atom is -0.420 e. The van der Waals surface area contributed by atoms with E-state index in [-0.39, 0.29) is 16.7 Å². The van der Waals surface area contributed by atoms with E-state index in [2.05, 4.69) is 0 Å². The number of halogens is 3. The summed E-state index contributed by atoms with van der Waals surface area (Å²) in [5.74, 6) is 0. The molecule has 0 saturated heterocycles. The first kappa shape index (κ1) is 16.4. The maximum absolute atomic E-state index is 13.7. The third kappa shape index (κ3) is 2.25. The number of rotatable bonds is 1. The minimum absolute atomic E-state index is 0.151. The molecule has 0 aliphatic heterocycles. The Kier molecular flexibility index (Phi) is 3.47. The fourth-order valence-electron chi connectivity index (χ4n) is 3.57. The number of aryl methyl sites for hydroxylation is 2. The number of hydrogen-bond acceptors (Lipinski definition) is 2. The molecule has 2 aromatic heterocycles. The van der Waals surface area contributed by atoms with Crippen molar-refractivity contribution >= 4 is 22.0 Å². The van der Waals surface area contributed by atoms with Crippen LogP contribution >= 0.6 is 0 Å². The van der Waals surface area contributed by atoms with Gasteiger partial charge in [-0.25, -0.2) is 4.79 Å². The third-order valence-electron chi connectivity index (χ3n) is 4.60. The second-order valence-corrected chi connectivity index (χ2v) is 6.21. The molecule has 6 heteroatoms. The van der Waals surface area contributed by atoms with E-state index in [1.165, 1.54) is 0 Å². The van der Waals surface area contributed by atoms with Gasteiger partial charge in [0, 0.05) is 18.0 Å². The molecule has 0 bridgehead atoms. The molecule has 4 aromatic rings. The number of aromatic nitrogens is 1. The van der Waals surface area contributed by atoms with E-state index in [0.29, 0.717) is 10.9 Å². The molecule has 26 heavy (non-hydrogen) atoms. The van der Waals surface area contributed by atoms with Crippen molar-refractivity contribution in [3.05, 3.63) is 70.1 Å². The second-order valence-electron chi connectivity index (χ2n) is 6.21. The molecule has 2 heterocycles. The number of para-hydroxylation sites is 1. The van der Waals surface area contributed by atoms with Gasteiger partial charge in [0.25, 0.3) is 0 Å². The van der Waals surface area contributed by atoms with Crippen LogP contribution in [0, 0.1) is 6.92 Å². The molecule has 0 saturated carbocycles. The number of benzene rings is 2. The molecule has 0 amide bonds. The average Bonchev–Trinajstić information content (AvgIpc) is 2.87. The Morgan fingerprint density at radius 3 is 2.31 bits per heavy atom. The highest BCUT2D eigenvalue weighted by Crippen LogP contribution is 2.42. The zero-order valence-corrected chi connectivity index (χ0v) is 14.0. The molecule has 0 N–H and O–H groups in total. The lowest BCUT2D eigenvalue weighted by Crippen LogP contribution is -2.20. The van der Waals surface area contributed by atoms with Crippen LogP contribution in [0.1, 0.15) is 11.1 Å². The molecular formula is C20H14F3NO2. The van der Waals surface area contributed by atoms with E-state index >= 15 is 0 Å². The van der Waals surface area contributed by atoms with E-state index in [9.17, 15) is 18.0 Å². The summed E-state index contributed by atoms with van der Waals surface area (Å²) in [6.45, 7) is 1.87. The predicted molar refractivity (Wildman–Crippen MR) is 94.1 cm³/mol. The van der Waals surface area contributed by atoms with Gasteiger partial charge in [-0.3, -0.25) is 0 Å². The van der Waals surface area contributed by atoms with E-state index in [0.717, 1.165) is 11.1 Å². The van der Waals surface area contributed by atoms with Crippen molar-refractivity contribution in [1.82, 2.24) is 4.57 Å². The van der Waals surface area contributed by atoms with Gasteiger partial charge < -0.3 is 8.98 Å². The van der Waals surface area contributed by atoms with E-state index in [4.69, 9.17) is 4.42 Å². The summed E-state index contributed by atoms with van der Waals surface area (Å²) in [6.07, 6.45) is -4.83. The molecular weight excluding hydrogens is 343 g/mol. The minimum atomic E-state index is -4.83. The van der Waals surface area contributed by atoms with E-state index in [1.54, 1.807) is 54.1 Å². The normalized spacial score (nSPS) is 12.2. The molecule has 0 aliphatic rings. The van der Waals surface area contributed by atoms with Crippen LogP contribution in [0.3, 0.4) is 0 Å². The quantitative estimate of drug-likeness (QED) is 0.465. The average molecular weight is 357 g/mol. The van der Waals surface area contributed by atoms with Crippen molar-refractivity contribution in [3.8, 4) is 11.1 Å². The van der Waals surface area contributed by atoms with Crippen molar-refractivity contribution < 1.29 is 17.6 Å². The van der Waals surface area contributed by atoms with Crippen LogP contribution in [-0.2, 0) is 13.2 Å². The molecule has 132 valence electrons. The lowest BCUT2D eigenvalue weighted by molar-refractivity contribution is -0.139. The fraction of sp³-hybridized carbons (Fsp3) is 0.150. The van der Waals surface area contributed by atoms with Crippen LogP contribution in [-0.4, -0.2) is 4.57 Å². The van der Waals surface area contributed by atoms with Crippen LogP contribution in [0.25, 0.3) is 33.1 Å². The number of fused-ring (bicyclic) bond motifs is 3. The maximum atomic E-state index is 13.7. The van der Waals surface area contributed by atoms with E-state index < -0.39 is 17.4 Å². The van der Waals surface area contributed by atoms with Crippen molar-refractivity contribution in [3.63, 3.8) is 0 Å².